The lowest BCUT2D eigenvalue weighted by Crippen LogP contribution is -2.13. The minimum absolute atomic E-state index is 0.0495. The van der Waals surface area contributed by atoms with E-state index in [1.807, 2.05) is 30.3 Å². The molecule has 3 N–H and O–H groups in total. The molecule has 0 amide bonds. The van der Waals surface area contributed by atoms with Crippen LogP contribution >= 0.6 is 11.8 Å². The number of nitrogens with zero attached hydrogens (tertiary/aromatic N) is 2. The zero-order chi connectivity index (χ0) is 13.7. The number of hydrogen-bond acceptors (Lipinski definition) is 5. The molecule has 0 aliphatic carbocycles. The summed E-state index contributed by atoms with van der Waals surface area (Å²) < 4.78 is 5.10. The number of nitrogens with two attached hydrogens (primary N) is 1. The van der Waals surface area contributed by atoms with Gasteiger partial charge < -0.3 is 15.7 Å². The van der Waals surface area contributed by atoms with Gasteiger partial charge in [0.2, 0.25) is 0 Å². The Morgan fingerprint density at radius 2 is 2.00 bits per heavy atom. The molecule has 0 unspecified atom stereocenters. The summed E-state index contributed by atoms with van der Waals surface area (Å²) in [5.41, 5.74) is 6.05. The lowest BCUT2D eigenvalue weighted by Gasteiger charge is -2.04. The molecule has 98 valence electrons. The van der Waals surface area contributed by atoms with Crippen LogP contribution in [0, 0.1) is 0 Å². The summed E-state index contributed by atoms with van der Waals surface area (Å²) in [4.78, 5) is 5.31. The molecule has 5 nitrogen and oxygen atoms in total. The molecular weight excluding hydrogens is 262 g/mol. The molecule has 0 saturated heterocycles. The number of pyridine rings is 1. The second-order valence-electron chi connectivity index (χ2n) is 3.65. The summed E-state index contributed by atoms with van der Waals surface area (Å²) in [7, 11) is 1.63. The summed E-state index contributed by atoms with van der Waals surface area (Å²) in [5.74, 6) is 0.869. The molecule has 0 aliphatic rings. The van der Waals surface area contributed by atoms with E-state index in [0.29, 0.717) is 5.56 Å². The number of hydrogen-bond donors (Lipinski definition) is 2. The molecule has 0 aliphatic heterocycles. The van der Waals surface area contributed by atoms with E-state index in [1.54, 1.807) is 19.4 Å². The maximum absolute atomic E-state index is 8.56. The van der Waals surface area contributed by atoms with Gasteiger partial charge in [0.25, 0.3) is 0 Å². The highest BCUT2D eigenvalue weighted by Crippen LogP contribution is 2.27. The van der Waals surface area contributed by atoms with E-state index in [0.717, 1.165) is 15.7 Å². The molecule has 0 atom stereocenters. The summed E-state index contributed by atoms with van der Waals surface area (Å²) in [6, 6.07) is 11.3. The molecule has 1 heterocycles. The van der Waals surface area contributed by atoms with Crippen molar-refractivity contribution in [2.75, 3.05) is 7.11 Å². The van der Waals surface area contributed by atoms with Crippen LogP contribution in [0.25, 0.3) is 0 Å². The first-order chi connectivity index (χ1) is 9.22. The van der Waals surface area contributed by atoms with Crippen molar-refractivity contribution in [3.8, 4) is 5.75 Å². The first-order valence-corrected chi connectivity index (χ1v) is 6.30. The molecular formula is C13H13N3O2S. The first kappa shape index (κ1) is 13.2. The van der Waals surface area contributed by atoms with Crippen molar-refractivity contribution >= 4 is 17.6 Å². The van der Waals surface area contributed by atoms with Crippen LogP contribution in [-0.2, 0) is 0 Å². The number of rotatable bonds is 4. The molecule has 1 aromatic heterocycles. The summed E-state index contributed by atoms with van der Waals surface area (Å²) in [6.45, 7) is 0. The molecule has 0 saturated carbocycles. The Morgan fingerprint density at radius 1 is 1.26 bits per heavy atom. The standard InChI is InChI=1S/C13H13N3O2S/c1-18-10-3-5-11(6-4-10)19-12-7-2-9(8-15-12)13(14)16-17/h2-8,17H,1H3,(H2,14,16). The van der Waals surface area contributed by atoms with Gasteiger partial charge in [-0.3, -0.25) is 0 Å². The van der Waals surface area contributed by atoms with Gasteiger partial charge in [-0.2, -0.15) is 0 Å². The second-order valence-corrected chi connectivity index (χ2v) is 4.74. The number of ether oxygens (including phenoxy) is 1. The van der Waals surface area contributed by atoms with E-state index in [1.165, 1.54) is 11.8 Å². The SMILES string of the molecule is COc1ccc(Sc2ccc(/C(N)=N/O)cn2)cc1. The van der Waals surface area contributed by atoms with E-state index in [-0.39, 0.29) is 5.84 Å². The van der Waals surface area contributed by atoms with Crippen LogP contribution in [0.5, 0.6) is 5.75 Å². The predicted octanol–water partition coefficient (Wildman–Crippen LogP) is 2.34. The minimum atomic E-state index is 0.0495. The van der Waals surface area contributed by atoms with Crippen molar-refractivity contribution in [3.05, 3.63) is 48.2 Å². The molecule has 0 fully saturated rings. The van der Waals surface area contributed by atoms with Crippen LogP contribution in [0.1, 0.15) is 5.56 Å². The van der Waals surface area contributed by atoms with Crippen LogP contribution in [0.2, 0.25) is 0 Å². The molecule has 0 radical (unpaired) electrons. The van der Waals surface area contributed by atoms with Crippen molar-refractivity contribution in [3.63, 3.8) is 0 Å². The predicted molar refractivity (Wildman–Crippen MR) is 73.9 cm³/mol. The number of benzene rings is 1. The fourth-order valence-corrected chi connectivity index (χ4v) is 2.17. The van der Waals surface area contributed by atoms with E-state index < -0.39 is 0 Å². The highest BCUT2D eigenvalue weighted by molar-refractivity contribution is 7.99. The second kappa shape index (κ2) is 6.10. The molecule has 1 aromatic carbocycles. The van der Waals surface area contributed by atoms with Gasteiger partial charge in [-0.15, -0.1) is 0 Å². The highest BCUT2D eigenvalue weighted by Gasteiger charge is 2.02. The van der Waals surface area contributed by atoms with Gasteiger partial charge in [0.1, 0.15) is 10.8 Å². The van der Waals surface area contributed by atoms with Gasteiger partial charge >= 0.3 is 0 Å². The minimum Gasteiger partial charge on any atom is -0.497 e. The summed E-state index contributed by atoms with van der Waals surface area (Å²) in [5, 5.41) is 12.3. The van der Waals surface area contributed by atoms with E-state index in [2.05, 4.69) is 10.1 Å². The Hall–Kier alpha value is -2.21. The summed E-state index contributed by atoms with van der Waals surface area (Å²) in [6.07, 6.45) is 1.57. The smallest absolute Gasteiger partial charge is 0.171 e. The Balaban J connectivity index is 2.10. The largest absolute Gasteiger partial charge is 0.497 e. The average molecular weight is 275 g/mol. The number of amidine groups is 1. The van der Waals surface area contributed by atoms with Crippen LogP contribution in [-0.4, -0.2) is 23.1 Å². The van der Waals surface area contributed by atoms with Crippen molar-refractivity contribution in [1.29, 1.82) is 0 Å². The fourth-order valence-electron chi connectivity index (χ4n) is 1.41. The van der Waals surface area contributed by atoms with Crippen LogP contribution < -0.4 is 10.5 Å². The lowest BCUT2D eigenvalue weighted by atomic mass is 10.3. The van der Waals surface area contributed by atoms with E-state index in [9.17, 15) is 0 Å². The molecule has 2 rings (SSSR count). The van der Waals surface area contributed by atoms with E-state index in [4.69, 9.17) is 15.7 Å². The van der Waals surface area contributed by atoms with Crippen molar-refractivity contribution in [2.45, 2.75) is 9.92 Å². The maximum Gasteiger partial charge on any atom is 0.171 e. The Morgan fingerprint density at radius 3 is 2.53 bits per heavy atom. The van der Waals surface area contributed by atoms with Crippen molar-refractivity contribution < 1.29 is 9.94 Å². The van der Waals surface area contributed by atoms with Gasteiger partial charge in [-0.05, 0) is 36.4 Å². The zero-order valence-corrected chi connectivity index (χ0v) is 11.1. The Bertz CT molecular complexity index is 567. The Labute approximate surface area is 115 Å². The molecule has 2 aromatic rings. The number of aromatic nitrogens is 1. The van der Waals surface area contributed by atoms with E-state index >= 15 is 0 Å². The quantitative estimate of drug-likeness (QED) is 0.387. The maximum atomic E-state index is 8.56. The highest BCUT2D eigenvalue weighted by atomic mass is 32.2. The van der Waals surface area contributed by atoms with Gasteiger partial charge in [0.05, 0.1) is 7.11 Å². The molecule has 0 spiro atoms. The third-order valence-corrected chi connectivity index (χ3v) is 3.38. The summed E-state index contributed by atoms with van der Waals surface area (Å²) >= 11 is 1.52. The topological polar surface area (TPSA) is 80.7 Å². The molecule has 6 heteroatoms. The lowest BCUT2D eigenvalue weighted by molar-refractivity contribution is 0.318. The Kier molecular flexibility index (Phi) is 4.25. The van der Waals surface area contributed by atoms with Gasteiger partial charge in [0.15, 0.2) is 5.84 Å². The number of methoxy groups -OCH3 is 1. The van der Waals surface area contributed by atoms with Crippen LogP contribution in [0.15, 0.2) is 57.7 Å². The van der Waals surface area contributed by atoms with Crippen LogP contribution in [0.4, 0.5) is 0 Å². The third-order valence-electron chi connectivity index (χ3n) is 2.42. The van der Waals surface area contributed by atoms with Gasteiger partial charge in [-0.1, -0.05) is 16.9 Å². The number of oxime groups is 1. The first-order valence-electron chi connectivity index (χ1n) is 5.49. The van der Waals surface area contributed by atoms with Crippen molar-refractivity contribution in [1.82, 2.24) is 4.98 Å². The normalized spacial score (nSPS) is 11.3. The monoisotopic (exact) mass is 275 g/mol. The molecule has 19 heavy (non-hydrogen) atoms. The van der Waals surface area contributed by atoms with Gasteiger partial charge in [0, 0.05) is 16.7 Å². The average Bonchev–Trinajstić information content (AvgIpc) is 2.48. The van der Waals surface area contributed by atoms with Crippen molar-refractivity contribution in [2.24, 2.45) is 10.9 Å². The third kappa shape index (κ3) is 3.38. The zero-order valence-electron chi connectivity index (χ0n) is 10.3. The molecule has 0 bridgehead atoms. The van der Waals surface area contributed by atoms with Crippen LogP contribution in [0.3, 0.4) is 0 Å². The fraction of sp³-hybridized carbons (Fsp3) is 0.0769. The van der Waals surface area contributed by atoms with Gasteiger partial charge in [-0.25, -0.2) is 4.98 Å².